The Morgan fingerprint density at radius 1 is 0.268 bits per heavy atom. The molecule has 0 amide bonds. The number of hydrogen-bond donors (Lipinski definition) is 4. The van der Waals surface area contributed by atoms with Crippen molar-refractivity contribution < 1.29 is 46.6 Å². The zero-order valence-electron chi connectivity index (χ0n) is 29.6. The van der Waals surface area contributed by atoms with Crippen molar-refractivity contribution in [3.05, 3.63) is 0 Å². The molecule has 0 heterocycles. The van der Waals surface area contributed by atoms with Gasteiger partial charge in [-0.25, -0.2) is 0 Å². The van der Waals surface area contributed by atoms with Crippen molar-refractivity contribution in [2.75, 3.05) is 26.4 Å². The van der Waals surface area contributed by atoms with E-state index in [9.17, 15) is 0 Å². The minimum atomic E-state index is 0. The van der Waals surface area contributed by atoms with E-state index >= 15 is 0 Å². The van der Waals surface area contributed by atoms with Crippen LogP contribution < -0.4 is 0 Å². The summed E-state index contributed by atoms with van der Waals surface area (Å²) < 4.78 is 0. The summed E-state index contributed by atoms with van der Waals surface area (Å²) in [5.41, 5.74) is 0. The molecule has 4 nitrogen and oxygen atoms in total. The fourth-order valence-corrected chi connectivity index (χ4v) is 4.07. The summed E-state index contributed by atoms with van der Waals surface area (Å²) in [7, 11) is 0. The van der Waals surface area contributed by atoms with Gasteiger partial charge in [-0.15, -0.1) is 0 Å². The first-order valence-corrected chi connectivity index (χ1v) is 17.5. The van der Waals surface area contributed by atoms with Crippen LogP contribution in [0.1, 0.15) is 184 Å². The van der Waals surface area contributed by atoms with Crippen LogP contribution in [-0.4, -0.2) is 46.9 Å². The maximum atomic E-state index is 8.47. The smallest absolute Gasteiger partial charge is 0.0431 e. The second-order valence-electron chi connectivity index (χ2n) is 13.3. The third-order valence-electron chi connectivity index (χ3n) is 6.76. The van der Waals surface area contributed by atoms with Gasteiger partial charge in [0.1, 0.15) is 0 Å². The standard InChI is InChI=1S/4C9H20O.Zr/c4*1-9(2)7-5-3-4-6-8-10;/h4*9-10H,3-8H2,1-2H3;. The molecule has 252 valence electrons. The van der Waals surface area contributed by atoms with Crippen molar-refractivity contribution in [2.45, 2.75) is 184 Å². The molecule has 4 N–H and O–H groups in total. The second-order valence-corrected chi connectivity index (χ2v) is 13.3. The predicted octanol–water partition coefficient (Wildman–Crippen LogP) is 10.3. The summed E-state index contributed by atoms with van der Waals surface area (Å²) >= 11 is 0. The predicted molar refractivity (Wildman–Crippen MR) is 180 cm³/mol. The summed E-state index contributed by atoms with van der Waals surface area (Å²) in [4.78, 5) is 0. The summed E-state index contributed by atoms with van der Waals surface area (Å²) in [6, 6.07) is 0. The molecule has 0 radical (unpaired) electrons. The zero-order valence-corrected chi connectivity index (χ0v) is 32.0. The van der Waals surface area contributed by atoms with Crippen LogP contribution in [0, 0.1) is 23.7 Å². The Morgan fingerprint density at radius 3 is 0.537 bits per heavy atom. The van der Waals surface area contributed by atoms with E-state index in [4.69, 9.17) is 20.4 Å². The largest absolute Gasteiger partial charge is 0.396 e. The molecule has 0 aromatic rings. The van der Waals surface area contributed by atoms with Gasteiger partial charge in [0.2, 0.25) is 0 Å². The third kappa shape index (κ3) is 74.0. The van der Waals surface area contributed by atoms with Gasteiger partial charge in [0, 0.05) is 52.6 Å². The molecule has 0 aliphatic heterocycles. The Hall–Kier alpha value is 0.723. The van der Waals surface area contributed by atoms with Crippen LogP contribution >= 0.6 is 0 Å². The summed E-state index contributed by atoms with van der Waals surface area (Å²) in [6.45, 7) is 19.5. The average Bonchev–Trinajstić information content (AvgIpc) is 2.89. The normalized spacial score (nSPS) is 10.5. The molecule has 0 aromatic carbocycles. The number of rotatable bonds is 24. The molecule has 0 atom stereocenters. The van der Waals surface area contributed by atoms with Crippen LogP contribution in [0.25, 0.3) is 0 Å². The Balaban J connectivity index is -0.000000139. The monoisotopic (exact) mass is 667 g/mol. The second kappa shape index (κ2) is 47.6. The molecule has 0 aliphatic rings. The number of unbranched alkanes of at least 4 members (excludes halogenated alkanes) is 12. The van der Waals surface area contributed by atoms with Gasteiger partial charge in [0.05, 0.1) is 0 Å². The van der Waals surface area contributed by atoms with E-state index in [0.717, 1.165) is 49.4 Å². The van der Waals surface area contributed by atoms with Crippen molar-refractivity contribution in [2.24, 2.45) is 23.7 Å². The first kappa shape index (κ1) is 51.3. The van der Waals surface area contributed by atoms with Crippen molar-refractivity contribution >= 4 is 0 Å². The molecule has 5 heteroatoms. The first-order chi connectivity index (χ1) is 19.1. The summed E-state index contributed by atoms with van der Waals surface area (Å²) in [5.74, 6) is 3.37. The topological polar surface area (TPSA) is 80.9 Å². The van der Waals surface area contributed by atoms with Crippen molar-refractivity contribution in [1.29, 1.82) is 0 Å². The molecule has 0 bridgehead atoms. The van der Waals surface area contributed by atoms with Crippen LogP contribution in [-0.2, 0) is 26.2 Å². The van der Waals surface area contributed by atoms with E-state index in [0.29, 0.717) is 26.4 Å². The van der Waals surface area contributed by atoms with Gasteiger partial charge in [-0.05, 0) is 49.4 Å². The zero-order chi connectivity index (χ0) is 31.3. The fourth-order valence-electron chi connectivity index (χ4n) is 4.07. The van der Waals surface area contributed by atoms with Crippen LogP contribution in [0.5, 0.6) is 0 Å². The Kier molecular flexibility index (Phi) is 59.6. The van der Waals surface area contributed by atoms with E-state index in [2.05, 4.69) is 55.4 Å². The van der Waals surface area contributed by atoms with E-state index in [1.54, 1.807) is 0 Å². The summed E-state index contributed by atoms with van der Waals surface area (Å²) in [5, 5.41) is 33.9. The van der Waals surface area contributed by atoms with Gasteiger partial charge >= 0.3 is 0 Å². The Morgan fingerprint density at radius 2 is 0.415 bits per heavy atom. The molecular weight excluding hydrogens is 588 g/mol. The van der Waals surface area contributed by atoms with Gasteiger partial charge in [0.15, 0.2) is 0 Å². The molecule has 0 saturated heterocycles. The molecule has 0 spiro atoms. The Labute approximate surface area is 279 Å². The van der Waals surface area contributed by atoms with E-state index in [1.807, 2.05) is 0 Å². The molecule has 0 unspecified atom stereocenters. The molecule has 0 aliphatic carbocycles. The van der Waals surface area contributed by atoms with Crippen LogP contribution in [0.2, 0.25) is 0 Å². The molecule has 0 aromatic heterocycles. The maximum absolute atomic E-state index is 8.47. The van der Waals surface area contributed by atoms with E-state index in [1.165, 1.54) is 103 Å². The molecule has 0 saturated carbocycles. The number of hydrogen-bond acceptors (Lipinski definition) is 4. The van der Waals surface area contributed by atoms with E-state index in [-0.39, 0.29) is 26.2 Å². The Bertz CT molecular complexity index is 318. The third-order valence-corrected chi connectivity index (χ3v) is 6.76. The average molecular weight is 668 g/mol. The maximum Gasteiger partial charge on any atom is 0.0431 e. The number of aliphatic hydroxyl groups excluding tert-OH is 4. The molecular formula is C36H80O4Zr. The van der Waals surface area contributed by atoms with Crippen LogP contribution in [0.15, 0.2) is 0 Å². The van der Waals surface area contributed by atoms with Gasteiger partial charge in [0.25, 0.3) is 0 Å². The van der Waals surface area contributed by atoms with Gasteiger partial charge in [-0.2, -0.15) is 0 Å². The molecule has 0 fully saturated rings. The van der Waals surface area contributed by atoms with Crippen LogP contribution in [0.4, 0.5) is 0 Å². The SMILES string of the molecule is CC(C)CCCCCCO.CC(C)CCCCCCO.CC(C)CCCCCCO.CC(C)CCCCCCO.[Zr]. The first-order valence-electron chi connectivity index (χ1n) is 17.5. The minimum absolute atomic E-state index is 0. The minimum Gasteiger partial charge on any atom is -0.396 e. The van der Waals surface area contributed by atoms with Crippen molar-refractivity contribution in [3.8, 4) is 0 Å². The molecule has 41 heavy (non-hydrogen) atoms. The van der Waals surface area contributed by atoms with Crippen molar-refractivity contribution in [3.63, 3.8) is 0 Å². The summed E-state index contributed by atoms with van der Waals surface area (Å²) in [6.07, 6.45) is 24.6. The van der Waals surface area contributed by atoms with Crippen LogP contribution in [0.3, 0.4) is 0 Å². The van der Waals surface area contributed by atoms with Gasteiger partial charge in [-0.3, -0.25) is 0 Å². The molecule has 0 rings (SSSR count). The van der Waals surface area contributed by atoms with Gasteiger partial charge in [-0.1, -0.05) is 158 Å². The fraction of sp³-hybridized carbons (Fsp3) is 1.00. The quantitative estimate of drug-likeness (QED) is 0.0772. The number of aliphatic hydroxyl groups is 4. The van der Waals surface area contributed by atoms with Gasteiger partial charge < -0.3 is 20.4 Å². The van der Waals surface area contributed by atoms with Crippen molar-refractivity contribution in [1.82, 2.24) is 0 Å². The van der Waals surface area contributed by atoms with E-state index < -0.39 is 0 Å².